The molecule has 2 aromatic rings. The molecule has 3 rings (SSSR count). The highest BCUT2D eigenvalue weighted by Gasteiger charge is 2.37. The van der Waals surface area contributed by atoms with Crippen LogP contribution in [0.4, 0.5) is 0 Å². The van der Waals surface area contributed by atoms with Gasteiger partial charge in [-0.25, -0.2) is 0 Å². The minimum atomic E-state index is -0.694. The minimum absolute atomic E-state index is 0.0541. The Morgan fingerprint density at radius 1 is 1.16 bits per heavy atom. The van der Waals surface area contributed by atoms with Crippen LogP contribution in [-0.2, 0) is 25.6 Å². The van der Waals surface area contributed by atoms with E-state index in [0.29, 0.717) is 26.1 Å². The van der Waals surface area contributed by atoms with Crippen molar-refractivity contribution in [3.8, 4) is 0 Å². The first-order valence-electron chi connectivity index (χ1n) is 8.47. The van der Waals surface area contributed by atoms with Crippen molar-refractivity contribution in [3.05, 3.63) is 48.0 Å². The summed E-state index contributed by atoms with van der Waals surface area (Å²) in [5, 5.41) is 10.5. The molecule has 0 saturated carbocycles. The second-order valence-electron chi connectivity index (χ2n) is 6.31. The van der Waals surface area contributed by atoms with Crippen LogP contribution < -0.4 is 0 Å². The zero-order chi connectivity index (χ0) is 17.7. The fraction of sp³-hybridized carbons (Fsp3) is 0.400. The standard InChI is InChI=1S/C20H23NO4/c1-23-20(8-10-24-11-9-20)18(21)13-19(22)25-14-15-6-7-16-4-2-3-5-17(16)12-15/h2-7,12,21H,8-11,13-14H2,1H3. The number of benzene rings is 2. The summed E-state index contributed by atoms with van der Waals surface area (Å²) in [6.45, 7) is 1.30. The van der Waals surface area contributed by atoms with Crippen LogP contribution >= 0.6 is 0 Å². The Balaban J connectivity index is 1.57. The van der Waals surface area contributed by atoms with Gasteiger partial charge >= 0.3 is 5.97 Å². The number of carbonyl (C=O) groups is 1. The number of rotatable bonds is 6. The molecule has 1 fully saturated rings. The first kappa shape index (κ1) is 17.6. The maximum atomic E-state index is 12.1. The van der Waals surface area contributed by atoms with Crippen LogP contribution in [0.5, 0.6) is 0 Å². The van der Waals surface area contributed by atoms with Crippen molar-refractivity contribution < 1.29 is 19.0 Å². The third-order valence-corrected chi connectivity index (χ3v) is 4.78. The summed E-state index contributed by atoms with van der Waals surface area (Å²) in [7, 11) is 1.58. The average Bonchev–Trinajstić information content (AvgIpc) is 2.66. The smallest absolute Gasteiger partial charge is 0.311 e. The molecular formula is C20H23NO4. The molecule has 132 valence electrons. The van der Waals surface area contributed by atoms with E-state index in [1.165, 1.54) is 0 Å². The van der Waals surface area contributed by atoms with Crippen LogP contribution in [0.25, 0.3) is 10.8 Å². The van der Waals surface area contributed by atoms with E-state index in [1.54, 1.807) is 7.11 Å². The lowest BCUT2D eigenvalue weighted by Gasteiger charge is -2.36. The summed E-state index contributed by atoms with van der Waals surface area (Å²) in [6, 6.07) is 14.0. The normalized spacial score (nSPS) is 16.5. The van der Waals surface area contributed by atoms with Crippen LogP contribution in [0.15, 0.2) is 42.5 Å². The van der Waals surface area contributed by atoms with Gasteiger partial charge in [-0.2, -0.15) is 0 Å². The Bertz CT molecular complexity index is 765. The molecule has 0 amide bonds. The molecule has 1 aliphatic heterocycles. The first-order valence-corrected chi connectivity index (χ1v) is 8.47. The van der Waals surface area contributed by atoms with E-state index in [9.17, 15) is 4.79 Å². The molecule has 0 aliphatic carbocycles. The summed E-state index contributed by atoms with van der Waals surface area (Å²) in [5.41, 5.74) is 0.508. The van der Waals surface area contributed by atoms with Crippen molar-refractivity contribution in [3.63, 3.8) is 0 Å². The van der Waals surface area contributed by atoms with E-state index >= 15 is 0 Å². The van der Waals surface area contributed by atoms with E-state index in [-0.39, 0.29) is 18.7 Å². The number of esters is 1. The van der Waals surface area contributed by atoms with Gasteiger partial charge in [0.2, 0.25) is 0 Å². The van der Waals surface area contributed by atoms with Crippen molar-refractivity contribution in [2.45, 2.75) is 31.5 Å². The Morgan fingerprint density at radius 3 is 2.60 bits per heavy atom. The summed E-state index contributed by atoms with van der Waals surface area (Å²) in [5.74, 6) is -0.402. The van der Waals surface area contributed by atoms with Crippen molar-refractivity contribution >= 4 is 22.5 Å². The summed E-state index contributed by atoms with van der Waals surface area (Å²) in [4.78, 5) is 12.1. The highest BCUT2D eigenvalue weighted by atomic mass is 16.5. The largest absolute Gasteiger partial charge is 0.461 e. The molecule has 1 aliphatic rings. The van der Waals surface area contributed by atoms with Gasteiger partial charge in [0.05, 0.1) is 12.1 Å². The van der Waals surface area contributed by atoms with Crippen molar-refractivity contribution in [2.75, 3.05) is 20.3 Å². The number of carbonyl (C=O) groups excluding carboxylic acids is 1. The van der Waals surface area contributed by atoms with E-state index in [4.69, 9.17) is 19.6 Å². The second-order valence-corrected chi connectivity index (χ2v) is 6.31. The van der Waals surface area contributed by atoms with Gasteiger partial charge < -0.3 is 19.6 Å². The van der Waals surface area contributed by atoms with E-state index in [0.717, 1.165) is 16.3 Å². The lowest BCUT2D eigenvalue weighted by atomic mass is 9.87. The number of hydrogen-bond donors (Lipinski definition) is 1. The van der Waals surface area contributed by atoms with Gasteiger partial charge in [-0.05, 0) is 22.4 Å². The minimum Gasteiger partial charge on any atom is -0.461 e. The Hall–Kier alpha value is -2.24. The monoisotopic (exact) mass is 341 g/mol. The van der Waals surface area contributed by atoms with Gasteiger partial charge in [0.15, 0.2) is 0 Å². The summed E-state index contributed by atoms with van der Waals surface area (Å²) >= 11 is 0. The highest BCUT2D eigenvalue weighted by Crippen LogP contribution is 2.27. The van der Waals surface area contributed by atoms with Gasteiger partial charge in [0.25, 0.3) is 0 Å². The molecule has 1 heterocycles. The number of nitrogens with one attached hydrogen (secondary N) is 1. The predicted molar refractivity (Wildman–Crippen MR) is 95.9 cm³/mol. The number of ether oxygens (including phenoxy) is 3. The molecule has 1 saturated heterocycles. The van der Waals surface area contributed by atoms with Crippen molar-refractivity contribution in [1.82, 2.24) is 0 Å². The second kappa shape index (κ2) is 7.76. The zero-order valence-electron chi connectivity index (χ0n) is 14.4. The van der Waals surface area contributed by atoms with Crippen LogP contribution in [-0.4, -0.2) is 37.6 Å². The van der Waals surface area contributed by atoms with E-state index < -0.39 is 11.6 Å². The first-order chi connectivity index (χ1) is 12.1. The molecule has 1 N–H and O–H groups in total. The van der Waals surface area contributed by atoms with Crippen molar-refractivity contribution in [1.29, 1.82) is 5.41 Å². The molecular weight excluding hydrogens is 318 g/mol. The van der Waals surface area contributed by atoms with Crippen LogP contribution in [0.3, 0.4) is 0 Å². The van der Waals surface area contributed by atoms with Gasteiger partial charge in [0, 0.05) is 33.2 Å². The number of methoxy groups -OCH3 is 1. The molecule has 0 bridgehead atoms. The summed E-state index contributed by atoms with van der Waals surface area (Å²) in [6.07, 6.45) is 1.14. The van der Waals surface area contributed by atoms with Crippen LogP contribution in [0.1, 0.15) is 24.8 Å². The molecule has 2 aromatic carbocycles. The molecule has 0 aromatic heterocycles. The molecule has 0 atom stereocenters. The molecule has 0 radical (unpaired) electrons. The van der Waals surface area contributed by atoms with Gasteiger partial charge in [-0.1, -0.05) is 36.4 Å². The summed E-state index contributed by atoms with van der Waals surface area (Å²) < 4.78 is 16.2. The van der Waals surface area contributed by atoms with Gasteiger partial charge in [-0.15, -0.1) is 0 Å². The number of fused-ring (bicyclic) bond motifs is 1. The lowest BCUT2D eigenvalue weighted by molar-refractivity contribution is -0.143. The van der Waals surface area contributed by atoms with Crippen molar-refractivity contribution in [2.24, 2.45) is 0 Å². The molecule has 0 spiro atoms. The van der Waals surface area contributed by atoms with Crippen LogP contribution in [0, 0.1) is 5.41 Å². The zero-order valence-corrected chi connectivity index (χ0v) is 14.4. The third kappa shape index (κ3) is 4.06. The molecule has 5 heteroatoms. The SMILES string of the molecule is COC1(C(=N)CC(=O)OCc2ccc3ccccc3c2)CCOCC1. The number of hydrogen-bond acceptors (Lipinski definition) is 5. The fourth-order valence-corrected chi connectivity index (χ4v) is 3.18. The Morgan fingerprint density at radius 2 is 1.88 bits per heavy atom. The molecule has 25 heavy (non-hydrogen) atoms. The average molecular weight is 341 g/mol. The van der Waals surface area contributed by atoms with Gasteiger partial charge in [-0.3, -0.25) is 4.79 Å². The molecule has 0 unspecified atom stereocenters. The van der Waals surface area contributed by atoms with Crippen LogP contribution in [0.2, 0.25) is 0 Å². The Kier molecular flexibility index (Phi) is 5.46. The topological polar surface area (TPSA) is 68.6 Å². The predicted octanol–water partition coefficient (Wildman–Crippen LogP) is 3.49. The Labute approximate surface area is 147 Å². The van der Waals surface area contributed by atoms with Gasteiger partial charge in [0.1, 0.15) is 12.2 Å². The maximum absolute atomic E-state index is 12.1. The fourth-order valence-electron chi connectivity index (χ4n) is 3.18. The van der Waals surface area contributed by atoms with E-state index in [1.807, 2.05) is 42.5 Å². The maximum Gasteiger partial charge on any atom is 0.311 e. The third-order valence-electron chi connectivity index (χ3n) is 4.78. The highest BCUT2D eigenvalue weighted by molar-refractivity contribution is 6.02. The quantitative estimate of drug-likeness (QED) is 0.645. The lowest BCUT2D eigenvalue weighted by Crippen LogP contribution is -2.46. The molecule has 5 nitrogen and oxygen atoms in total. The van der Waals surface area contributed by atoms with E-state index in [2.05, 4.69) is 0 Å².